The lowest BCUT2D eigenvalue weighted by Crippen LogP contribution is -2.18. The van der Waals surface area contributed by atoms with Gasteiger partial charge in [0.05, 0.1) is 12.8 Å². The lowest BCUT2D eigenvalue weighted by atomic mass is 10.3. The summed E-state index contributed by atoms with van der Waals surface area (Å²) in [7, 11) is 1.59. The summed E-state index contributed by atoms with van der Waals surface area (Å²) in [6, 6.07) is 7.25. The van der Waals surface area contributed by atoms with Crippen LogP contribution in [0.2, 0.25) is 0 Å². The molecule has 64 valence electrons. The van der Waals surface area contributed by atoms with Gasteiger partial charge in [0.2, 0.25) is 6.41 Å². The van der Waals surface area contributed by atoms with E-state index in [-0.39, 0.29) is 0 Å². The molecule has 0 spiro atoms. The van der Waals surface area contributed by atoms with Crippen LogP contribution in [0.5, 0.6) is 5.75 Å². The number of hydrogen-bond donors (Lipinski definition) is 2. The lowest BCUT2D eigenvalue weighted by molar-refractivity contribution is -0.109. The molecule has 0 atom stereocenters. The van der Waals surface area contributed by atoms with Gasteiger partial charge in [-0.3, -0.25) is 15.6 Å². The summed E-state index contributed by atoms with van der Waals surface area (Å²) >= 11 is 0. The van der Waals surface area contributed by atoms with E-state index in [1.807, 2.05) is 18.2 Å². The third-order valence-electron chi connectivity index (χ3n) is 1.35. The first-order chi connectivity index (χ1) is 5.86. The zero-order chi connectivity index (χ0) is 8.81. The Morgan fingerprint density at radius 1 is 1.50 bits per heavy atom. The fraction of sp³-hybridized carbons (Fsp3) is 0.125. The van der Waals surface area contributed by atoms with Gasteiger partial charge in [0.15, 0.2) is 0 Å². The van der Waals surface area contributed by atoms with Crippen molar-refractivity contribution in [2.45, 2.75) is 0 Å². The zero-order valence-corrected chi connectivity index (χ0v) is 6.70. The van der Waals surface area contributed by atoms with Crippen LogP contribution in [0.15, 0.2) is 24.3 Å². The fourth-order valence-electron chi connectivity index (χ4n) is 0.814. The predicted molar refractivity (Wildman–Crippen MR) is 45.8 cm³/mol. The highest BCUT2D eigenvalue weighted by Gasteiger charge is 1.92. The maximum Gasteiger partial charge on any atom is 0.225 e. The highest BCUT2D eigenvalue weighted by molar-refractivity contribution is 5.54. The molecule has 12 heavy (non-hydrogen) atoms. The minimum Gasteiger partial charge on any atom is -0.497 e. The Morgan fingerprint density at radius 2 is 2.33 bits per heavy atom. The molecule has 2 N–H and O–H groups in total. The Morgan fingerprint density at radius 3 is 3.00 bits per heavy atom. The van der Waals surface area contributed by atoms with Crippen LogP contribution in [0.25, 0.3) is 0 Å². The van der Waals surface area contributed by atoms with E-state index in [4.69, 9.17) is 4.74 Å². The maximum atomic E-state index is 9.93. The molecule has 0 aliphatic carbocycles. The molecule has 0 saturated heterocycles. The standard InChI is InChI=1S/C8H10N2O2/c1-12-8-4-2-3-7(5-8)10-9-6-11/h2-6,10H,1H3,(H,9,11). The lowest BCUT2D eigenvalue weighted by Gasteiger charge is -2.05. The summed E-state index contributed by atoms with van der Waals surface area (Å²) < 4.78 is 4.98. The number of amides is 1. The maximum absolute atomic E-state index is 9.93. The first-order valence-electron chi connectivity index (χ1n) is 3.46. The van der Waals surface area contributed by atoms with Gasteiger partial charge in [0.1, 0.15) is 5.75 Å². The fourth-order valence-corrected chi connectivity index (χ4v) is 0.814. The van der Waals surface area contributed by atoms with E-state index < -0.39 is 0 Å². The first-order valence-corrected chi connectivity index (χ1v) is 3.46. The van der Waals surface area contributed by atoms with Crippen molar-refractivity contribution in [1.82, 2.24) is 5.43 Å². The van der Waals surface area contributed by atoms with E-state index in [2.05, 4.69) is 10.9 Å². The molecule has 0 aliphatic heterocycles. The Bertz CT molecular complexity index is 263. The zero-order valence-electron chi connectivity index (χ0n) is 6.70. The van der Waals surface area contributed by atoms with Crippen molar-refractivity contribution in [1.29, 1.82) is 0 Å². The third-order valence-corrected chi connectivity index (χ3v) is 1.35. The van der Waals surface area contributed by atoms with Gasteiger partial charge < -0.3 is 4.74 Å². The van der Waals surface area contributed by atoms with Crippen molar-refractivity contribution in [2.24, 2.45) is 0 Å². The molecule has 1 aromatic rings. The van der Waals surface area contributed by atoms with Gasteiger partial charge in [-0.2, -0.15) is 0 Å². The van der Waals surface area contributed by atoms with Crippen molar-refractivity contribution >= 4 is 12.1 Å². The smallest absolute Gasteiger partial charge is 0.225 e. The van der Waals surface area contributed by atoms with E-state index in [1.165, 1.54) is 0 Å². The molecule has 1 rings (SSSR count). The van der Waals surface area contributed by atoms with Crippen LogP contribution in [0.1, 0.15) is 0 Å². The molecule has 4 nitrogen and oxygen atoms in total. The van der Waals surface area contributed by atoms with Crippen LogP contribution in [-0.2, 0) is 4.79 Å². The molecule has 0 bridgehead atoms. The van der Waals surface area contributed by atoms with Crippen LogP contribution >= 0.6 is 0 Å². The number of hydrazine groups is 1. The summed E-state index contributed by atoms with van der Waals surface area (Å²) in [6.07, 6.45) is 0.569. The van der Waals surface area contributed by atoms with E-state index >= 15 is 0 Å². The second kappa shape index (κ2) is 4.23. The Hall–Kier alpha value is -1.71. The van der Waals surface area contributed by atoms with Crippen molar-refractivity contribution in [3.8, 4) is 5.75 Å². The van der Waals surface area contributed by atoms with Gasteiger partial charge in [-0.1, -0.05) is 6.07 Å². The van der Waals surface area contributed by atoms with Crippen LogP contribution in [0, 0.1) is 0 Å². The van der Waals surface area contributed by atoms with Gasteiger partial charge in [-0.05, 0) is 12.1 Å². The highest BCUT2D eigenvalue weighted by atomic mass is 16.5. The molecule has 0 aromatic heterocycles. The SMILES string of the molecule is COc1cccc(NNC=O)c1. The number of carbonyl (C=O) groups excluding carboxylic acids is 1. The molecule has 1 amide bonds. The van der Waals surface area contributed by atoms with Gasteiger partial charge in [-0.25, -0.2) is 0 Å². The molecule has 4 heteroatoms. The normalized spacial score (nSPS) is 8.75. The summed E-state index contributed by atoms with van der Waals surface area (Å²) in [5.74, 6) is 0.743. The first kappa shape index (κ1) is 8.39. The molecule has 0 aliphatic rings. The second-order valence-electron chi connectivity index (χ2n) is 2.12. The van der Waals surface area contributed by atoms with Crippen molar-refractivity contribution in [3.05, 3.63) is 24.3 Å². The number of nitrogens with one attached hydrogen (secondary N) is 2. The minimum absolute atomic E-state index is 0.569. The quantitative estimate of drug-likeness (QED) is 0.513. The number of anilines is 1. The molecular formula is C8H10N2O2. The molecule has 0 unspecified atom stereocenters. The topological polar surface area (TPSA) is 50.4 Å². The van der Waals surface area contributed by atoms with Gasteiger partial charge in [-0.15, -0.1) is 0 Å². The van der Waals surface area contributed by atoms with Crippen LogP contribution < -0.4 is 15.6 Å². The molecule has 0 fully saturated rings. The number of rotatable bonds is 4. The van der Waals surface area contributed by atoms with Gasteiger partial charge in [0, 0.05) is 6.07 Å². The van der Waals surface area contributed by atoms with Crippen LogP contribution in [-0.4, -0.2) is 13.5 Å². The van der Waals surface area contributed by atoms with E-state index in [1.54, 1.807) is 13.2 Å². The number of carbonyl (C=O) groups is 1. The van der Waals surface area contributed by atoms with Gasteiger partial charge >= 0.3 is 0 Å². The van der Waals surface area contributed by atoms with Crippen LogP contribution in [0.3, 0.4) is 0 Å². The summed E-state index contributed by atoms with van der Waals surface area (Å²) in [6.45, 7) is 0. The summed E-state index contributed by atoms with van der Waals surface area (Å²) in [4.78, 5) is 9.93. The van der Waals surface area contributed by atoms with Crippen LogP contribution in [0.4, 0.5) is 5.69 Å². The number of hydrogen-bond acceptors (Lipinski definition) is 3. The van der Waals surface area contributed by atoms with Crippen molar-refractivity contribution < 1.29 is 9.53 Å². The second-order valence-corrected chi connectivity index (χ2v) is 2.12. The summed E-state index contributed by atoms with van der Waals surface area (Å²) in [5, 5.41) is 0. The van der Waals surface area contributed by atoms with Crippen molar-refractivity contribution in [3.63, 3.8) is 0 Å². The Balaban J connectivity index is 2.65. The molecule has 0 heterocycles. The number of benzene rings is 1. The molecule has 0 saturated carbocycles. The summed E-state index contributed by atoms with van der Waals surface area (Å²) in [5.41, 5.74) is 5.78. The van der Waals surface area contributed by atoms with Gasteiger partial charge in [0.25, 0.3) is 0 Å². The predicted octanol–water partition coefficient (Wildman–Crippen LogP) is 0.768. The van der Waals surface area contributed by atoms with Crippen molar-refractivity contribution in [2.75, 3.05) is 12.5 Å². The minimum atomic E-state index is 0.569. The van der Waals surface area contributed by atoms with E-state index in [0.717, 1.165) is 11.4 Å². The average Bonchev–Trinajstić information content (AvgIpc) is 2.15. The largest absolute Gasteiger partial charge is 0.497 e. The van der Waals surface area contributed by atoms with E-state index in [0.29, 0.717) is 6.41 Å². The Labute approximate surface area is 70.5 Å². The highest BCUT2D eigenvalue weighted by Crippen LogP contribution is 2.15. The molecular weight excluding hydrogens is 156 g/mol. The molecule has 1 aromatic carbocycles. The van der Waals surface area contributed by atoms with E-state index in [9.17, 15) is 4.79 Å². The molecule has 0 radical (unpaired) electrons. The Kier molecular flexibility index (Phi) is 2.95. The number of ether oxygens (including phenoxy) is 1. The third kappa shape index (κ3) is 2.16. The monoisotopic (exact) mass is 166 g/mol. The number of methoxy groups -OCH3 is 1. The average molecular weight is 166 g/mol.